The number of nitrogens with zero attached hydrogens (tertiary/aromatic N) is 3. The van der Waals surface area contributed by atoms with Crippen LogP contribution in [0.1, 0.15) is 17.2 Å². The van der Waals surface area contributed by atoms with Crippen LogP contribution < -0.4 is 0 Å². The zero-order valence-corrected chi connectivity index (χ0v) is 13.5. The summed E-state index contributed by atoms with van der Waals surface area (Å²) in [6.07, 6.45) is 9.83. The van der Waals surface area contributed by atoms with Crippen LogP contribution in [0.2, 0.25) is 0 Å². The van der Waals surface area contributed by atoms with E-state index in [0.29, 0.717) is 0 Å². The van der Waals surface area contributed by atoms with E-state index in [-0.39, 0.29) is 6.04 Å². The van der Waals surface area contributed by atoms with Gasteiger partial charge in [0.1, 0.15) is 0 Å². The Labute approximate surface area is 145 Å². The van der Waals surface area contributed by atoms with Gasteiger partial charge in [-0.1, -0.05) is 65.8 Å². The molecule has 3 aromatic rings. The number of oxime groups is 1. The lowest BCUT2D eigenvalue weighted by Crippen LogP contribution is -2.11. The number of imidazole rings is 1. The van der Waals surface area contributed by atoms with Gasteiger partial charge in [-0.15, -0.1) is 0 Å². The third-order valence-electron chi connectivity index (χ3n) is 3.54. The topological polar surface area (TPSA) is 56.5 Å². The molecule has 1 unspecified atom stereocenters. The van der Waals surface area contributed by atoms with Gasteiger partial charge >= 0.3 is 5.97 Å². The van der Waals surface area contributed by atoms with Crippen LogP contribution in [0.25, 0.3) is 6.08 Å². The van der Waals surface area contributed by atoms with Gasteiger partial charge in [0.15, 0.2) is 0 Å². The van der Waals surface area contributed by atoms with E-state index in [2.05, 4.69) is 10.1 Å². The molecular formula is C20H17N3O2. The molecule has 0 fully saturated rings. The Morgan fingerprint density at radius 3 is 2.48 bits per heavy atom. The smallest absolute Gasteiger partial charge is 0.325 e. The molecule has 0 aliphatic heterocycles. The Morgan fingerprint density at radius 1 is 1.08 bits per heavy atom. The quantitative estimate of drug-likeness (QED) is 0.299. The van der Waals surface area contributed by atoms with Gasteiger partial charge in [0.05, 0.1) is 18.6 Å². The van der Waals surface area contributed by atoms with E-state index in [0.717, 1.165) is 11.1 Å². The number of hydrogen-bond acceptors (Lipinski definition) is 4. The van der Waals surface area contributed by atoms with Crippen molar-refractivity contribution < 1.29 is 9.63 Å². The van der Waals surface area contributed by atoms with Gasteiger partial charge in [-0.3, -0.25) is 0 Å². The van der Waals surface area contributed by atoms with Gasteiger partial charge in [0, 0.05) is 18.5 Å². The summed E-state index contributed by atoms with van der Waals surface area (Å²) < 4.78 is 1.88. The predicted octanol–water partition coefficient (Wildman–Crippen LogP) is 3.71. The van der Waals surface area contributed by atoms with Crippen LogP contribution in [0.3, 0.4) is 0 Å². The molecule has 124 valence electrons. The summed E-state index contributed by atoms with van der Waals surface area (Å²) in [5.74, 6) is -0.530. The highest BCUT2D eigenvalue weighted by molar-refractivity contribution is 5.87. The molecule has 0 spiro atoms. The molecule has 1 heterocycles. The second-order valence-electron chi connectivity index (χ2n) is 5.27. The van der Waals surface area contributed by atoms with Crippen molar-refractivity contribution in [1.29, 1.82) is 0 Å². The molecule has 0 aliphatic carbocycles. The first-order valence-electron chi connectivity index (χ1n) is 7.83. The predicted molar refractivity (Wildman–Crippen MR) is 96.9 cm³/mol. The average molecular weight is 331 g/mol. The maximum Gasteiger partial charge on any atom is 0.358 e. The zero-order chi connectivity index (χ0) is 17.3. The molecule has 5 nitrogen and oxygen atoms in total. The molecule has 2 aromatic carbocycles. The minimum absolute atomic E-state index is 0.199. The summed E-state index contributed by atoms with van der Waals surface area (Å²) in [7, 11) is 0. The van der Waals surface area contributed by atoms with E-state index in [1.807, 2.05) is 71.4 Å². The minimum atomic E-state index is -0.530. The SMILES string of the molecule is O=C(C=Cc1ccccc1)ON=CC(c1ccccc1)n1ccnc1. The molecule has 5 heteroatoms. The summed E-state index contributed by atoms with van der Waals surface area (Å²) in [6, 6.07) is 19.1. The molecule has 25 heavy (non-hydrogen) atoms. The van der Waals surface area contributed by atoms with E-state index < -0.39 is 5.97 Å². The van der Waals surface area contributed by atoms with Crippen molar-refractivity contribution in [2.45, 2.75) is 6.04 Å². The number of hydrogen-bond donors (Lipinski definition) is 0. The fourth-order valence-electron chi connectivity index (χ4n) is 2.32. The maximum atomic E-state index is 11.8. The molecule has 0 saturated heterocycles. The number of aromatic nitrogens is 2. The molecule has 0 aliphatic rings. The second-order valence-corrected chi connectivity index (χ2v) is 5.27. The molecule has 0 bridgehead atoms. The molecule has 0 radical (unpaired) electrons. The van der Waals surface area contributed by atoms with E-state index in [1.54, 1.807) is 24.8 Å². The highest BCUT2D eigenvalue weighted by Crippen LogP contribution is 2.15. The molecule has 0 amide bonds. The van der Waals surface area contributed by atoms with Crippen LogP contribution in [-0.2, 0) is 9.63 Å². The summed E-state index contributed by atoms with van der Waals surface area (Å²) in [5, 5.41) is 3.84. The van der Waals surface area contributed by atoms with Gasteiger partial charge in [-0.05, 0) is 17.2 Å². The maximum absolute atomic E-state index is 11.8. The largest absolute Gasteiger partial charge is 0.358 e. The lowest BCUT2D eigenvalue weighted by Gasteiger charge is -2.13. The van der Waals surface area contributed by atoms with Crippen LogP contribution in [-0.4, -0.2) is 21.7 Å². The van der Waals surface area contributed by atoms with Crippen molar-refractivity contribution in [3.8, 4) is 0 Å². The monoisotopic (exact) mass is 331 g/mol. The number of rotatable bonds is 6. The third-order valence-corrected chi connectivity index (χ3v) is 3.54. The molecule has 0 saturated carbocycles. The van der Waals surface area contributed by atoms with E-state index in [9.17, 15) is 4.79 Å². The van der Waals surface area contributed by atoms with Crippen molar-refractivity contribution >= 4 is 18.3 Å². The van der Waals surface area contributed by atoms with Gasteiger partial charge in [0.2, 0.25) is 0 Å². The fraction of sp³-hybridized carbons (Fsp3) is 0.0500. The van der Waals surface area contributed by atoms with E-state index in [1.165, 1.54) is 6.08 Å². The van der Waals surface area contributed by atoms with E-state index in [4.69, 9.17) is 4.84 Å². The highest BCUT2D eigenvalue weighted by atomic mass is 16.7. The van der Waals surface area contributed by atoms with Gasteiger partial charge in [-0.25, -0.2) is 9.78 Å². The zero-order valence-electron chi connectivity index (χ0n) is 13.5. The summed E-state index contributed by atoms with van der Waals surface area (Å²) in [5.41, 5.74) is 1.93. The van der Waals surface area contributed by atoms with E-state index >= 15 is 0 Å². The van der Waals surface area contributed by atoms with Crippen molar-refractivity contribution in [2.24, 2.45) is 5.16 Å². The highest BCUT2D eigenvalue weighted by Gasteiger charge is 2.10. The molecule has 1 aromatic heterocycles. The first-order chi connectivity index (χ1) is 12.3. The summed E-state index contributed by atoms with van der Waals surface area (Å²) in [4.78, 5) is 20.8. The Kier molecular flexibility index (Phi) is 5.51. The number of carbonyl (C=O) groups is 1. The van der Waals surface area contributed by atoms with Crippen LogP contribution >= 0.6 is 0 Å². The standard InChI is InChI=1S/C20H17N3O2/c24-20(12-11-17-7-3-1-4-8-17)25-22-15-19(23-14-13-21-16-23)18-9-5-2-6-10-18/h1-16,19H. The van der Waals surface area contributed by atoms with Gasteiger partial charge in [0.25, 0.3) is 0 Å². The third kappa shape index (κ3) is 4.75. The van der Waals surface area contributed by atoms with Crippen LogP contribution in [0.4, 0.5) is 0 Å². The van der Waals surface area contributed by atoms with Crippen molar-refractivity contribution in [3.63, 3.8) is 0 Å². The first-order valence-corrected chi connectivity index (χ1v) is 7.83. The van der Waals surface area contributed by atoms with Crippen LogP contribution in [0, 0.1) is 0 Å². The lowest BCUT2D eigenvalue weighted by atomic mass is 10.1. The molecule has 0 N–H and O–H groups in total. The Hall–Kier alpha value is -3.47. The van der Waals surface area contributed by atoms with Crippen LogP contribution in [0.5, 0.6) is 0 Å². The van der Waals surface area contributed by atoms with Crippen molar-refractivity contribution in [1.82, 2.24) is 9.55 Å². The molecule has 3 rings (SSSR count). The molecular weight excluding hydrogens is 314 g/mol. The van der Waals surface area contributed by atoms with Crippen molar-refractivity contribution in [2.75, 3.05) is 0 Å². The number of benzene rings is 2. The van der Waals surface area contributed by atoms with Crippen LogP contribution in [0.15, 0.2) is 90.6 Å². The van der Waals surface area contributed by atoms with Crippen molar-refractivity contribution in [3.05, 3.63) is 96.6 Å². The Balaban J connectivity index is 1.66. The fourth-order valence-corrected chi connectivity index (χ4v) is 2.32. The number of carbonyl (C=O) groups excluding carboxylic acids is 1. The summed E-state index contributed by atoms with van der Waals surface area (Å²) >= 11 is 0. The lowest BCUT2D eigenvalue weighted by molar-refractivity contribution is -0.137. The second kappa shape index (κ2) is 8.40. The Bertz CT molecular complexity index is 841. The minimum Gasteiger partial charge on any atom is -0.325 e. The summed E-state index contributed by atoms with van der Waals surface area (Å²) in [6.45, 7) is 0. The Morgan fingerprint density at radius 2 is 1.80 bits per heavy atom. The van der Waals surface area contributed by atoms with Gasteiger partial charge in [-0.2, -0.15) is 0 Å². The van der Waals surface area contributed by atoms with Gasteiger partial charge < -0.3 is 9.40 Å². The average Bonchev–Trinajstić information content (AvgIpc) is 3.19. The first kappa shape index (κ1) is 16.4. The normalized spacial score (nSPS) is 12.5. The molecule has 1 atom stereocenters.